The average Bonchev–Trinajstić information content (AvgIpc) is 2.40. The summed E-state index contributed by atoms with van der Waals surface area (Å²) in [6.45, 7) is 0. The zero-order chi connectivity index (χ0) is 13.7. The van der Waals surface area contributed by atoms with Gasteiger partial charge in [-0.15, -0.1) is 0 Å². The van der Waals surface area contributed by atoms with Crippen molar-refractivity contribution in [3.63, 3.8) is 0 Å². The van der Waals surface area contributed by atoms with Crippen LogP contribution in [-0.4, -0.2) is 31.4 Å². The Morgan fingerprint density at radius 2 is 1.84 bits per heavy atom. The van der Waals surface area contributed by atoms with Gasteiger partial charge in [0.25, 0.3) is 0 Å². The van der Waals surface area contributed by atoms with E-state index in [1.807, 2.05) is 30.3 Å². The molecule has 5 heteroatoms. The topological polar surface area (TPSA) is 66.4 Å². The lowest BCUT2D eigenvalue weighted by atomic mass is 9.93. The second-order valence-corrected chi connectivity index (χ2v) is 7.00. The van der Waals surface area contributed by atoms with E-state index in [9.17, 15) is 13.5 Å². The van der Waals surface area contributed by atoms with Crippen molar-refractivity contribution < 1.29 is 13.5 Å². The number of aryl methyl sites for hydroxylation is 1. The summed E-state index contributed by atoms with van der Waals surface area (Å²) in [6, 6.07) is 9.25. The second-order valence-electron chi connectivity index (χ2n) is 5.13. The van der Waals surface area contributed by atoms with Crippen molar-refractivity contribution in [1.82, 2.24) is 4.72 Å². The minimum absolute atomic E-state index is 0.0697. The van der Waals surface area contributed by atoms with Gasteiger partial charge in [0.05, 0.1) is 11.9 Å². The third kappa shape index (κ3) is 4.60. The monoisotopic (exact) mass is 283 g/mol. The third-order valence-corrected chi connectivity index (χ3v) is 4.97. The summed E-state index contributed by atoms with van der Waals surface area (Å²) >= 11 is 0. The van der Waals surface area contributed by atoms with E-state index in [2.05, 4.69) is 4.72 Å². The van der Waals surface area contributed by atoms with E-state index in [1.165, 1.54) is 0 Å². The Morgan fingerprint density at radius 3 is 2.53 bits per heavy atom. The van der Waals surface area contributed by atoms with Gasteiger partial charge in [-0.1, -0.05) is 43.2 Å². The molecule has 0 amide bonds. The molecule has 0 heterocycles. The highest BCUT2D eigenvalue weighted by Crippen LogP contribution is 2.19. The molecule has 2 rings (SSSR count). The number of aliphatic hydroxyl groups excluding tert-OH is 1. The summed E-state index contributed by atoms with van der Waals surface area (Å²) in [5.74, 6) is 0.0697. The van der Waals surface area contributed by atoms with Gasteiger partial charge in [-0.2, -0.15) is 0 Å². The molecule has 0 aliphatic heterocycles. The average molecular weight is 283 g/mol. The lowest BCUT2D eigenvalue weighted by molar-refractivity contribution is 0.101. The van der Waals surface area contributed by atoms with E-state index in [0.29, 0.717) is 12.8 Å². The first-order chi connectivity index (χ1) is 9.07. The molecule has 106 valence electrons. The van der Waals surface area contributed by atoms with Crippen LogP contribution in [0.1, 0.15) is 31.2 Å². The molecule has 0 saturated heterocycles. The Labute approximate surface area is 114 Å². The van der Waals surface area contributed by atoms with Crippen molar-refractivity contribution in [3.05, 3.63) is 35.9 Å². The number of aliphatic hydroxyl groups is 1. The van der Waals surface area contributed by atoms with E-state index >= 15 is 0 Å². The Hall–Kier alpha value is -0.910. The lowest BCUT2D eigenvalue weighted by Gasteiger charge is -2.28. The molecule has 1 aliphatic carbocycles. The Morgan fingerprint density at radius 1 is 1.16 bits per heavy atom. The molecule has 0 radical (unpaired) electrons. The maximum absolute atomic E-state index is 12.0. The molecule has 19 heavy (non-hydrogen) atoms. The first-order valence-electron chi connectivity index (χ1n) is 6.79. The first kappa shape index (κ1) is 14.5. The Balaban J connectivity index is 1.88. The highest BCUT2D eigenvalue weighted by molar-refractivity contribution is 7.89. The van der Waals surface area contributed by atoms with Crippen molar-refractivity contribution in [2.24, 2.45) is 0 Å². The van der Waals surface area contributed by atoms with Crippen molar-refractivity contribution in [2.45, 2.75) is 44.2 Å². The van der Waals surface area contributed by atoms with Gasteiger partial charge < -0.3 is 5.11 Å². The third-order valence-electron chi connectivity index (χ3n) is 3.56. The molecule has 0 spiro atoms. The van der Waals surface area contributed by atoms with Gasteiger partial charge in [-0.25, -0.2) is 13.1 Å². The number of rotatable bonds is 5. The first-order valence-corrected chi connectivity index (χ1v) is 8.44. The largest absolute Gasteiger partial charge is 0.391 e. The van der Waals surface area contributed by atoms with Crippen molar-refractivity contribution in [2.75, 3.05) is 5.75 Å². The van der Waals surface area contributed by atoms with E-state index in [1.54, 1.807) is 0 Å². The van der Waals surface area contributed by atoms with E-state index < -0.39 is 16.1 Å². The fourth-order valence-corrected chi connectivity index (χ4v) is 3.79. The standard InChI is InChI=1S/C14H21NO3S/c16-14-9-5-4-8-13(14)15-19(17,18)11-10-12-6-2-1-3-7-12/h1-3,6-7,13-16H,4-5,8-11H2/t13-,14-/m1/s1. The maximum Gasteiger partial charge on any atom is 0.212 e. The van der Waals surface area contributed by atoms with Crippen LogP contribution in [-0.2, 0) is 16.4 Å². The predicted molar refractivity (Wildman–Crippen MR) is 75.3 cm³/mol. The van der Waals surface area contributed by atoms with Gasteiger partial charge in [0.2, 0.25) is 10.0 Å². The summed E-state index contributed by atoms with van der Waals surface area (Å²) in [7, 11) is -3.32. The van der Waals surface area contributed by atoms with Crippen LogP contribution < -0.4 is 4.72 Å². The summed E-state index contributed by atoms with van der Waals surface area (Å²) in [5, 5.41) is 9.79. The Bertz CT molecular complexity index is 487. The van der Waals surface area contributed by atoms with Crippen molar-refractivity contribution in [3.8, 4) is 0 Å². The smallest absolute Gasteiger partial charge is 0.212 e. The van der Waals surface area contributed by atoms with E-state index in [0.717, 1.165) is 24.8 Å². The van der Waals surface area contributed by atoms with Gasteiger partial charge >= 0.3 is 0 Å². The minimum Gasteiger partial charge on any atom is -0.391 e. The number of benzene rings is 1. The molecule has 1 fully saturated rings. The van der Waals surface area contributed by atoms with Crippen LogP contribution in [0.4, 0.5) is 0 Å². The van der Waals surface area contributed by atoms with Crippen LogP contribution >= 0.6 is 0 Å². The van der Waals surface area contributed by atoms with Gasteiger partial charge in [0.1, 0.15) is 0 Å². The molecular weight excluding hydrogens is 262 g/mol. The molecular formula is C14H21NO3S. The van der Waals surface area contributed by atoms with Crippen LogP contribution in [0.3, 0.4) is 0 Å². The van der Waals surface area contributed by atoms with E-state index in [4.69, 9.17) is 0 Å². The quantitative estimate of drug-likeness (QED) is 0.859. The minimum atomic E-state index is -3.32. The second kappa shape index (κ2) is 6.50. The van der Waals surface area contributed by atoms with Crippen LogP contribution in [0.25, 0.3) is 0 Å². The molecule has 2 N–H and O–H groups in total. The number of hydrogen-bond acceptors (Lipinski definition) is 3. The molecule has 0 aromatic heterocycles. The molecule has 1 saturated carbocycles. The maximum atomic E-state index is 12.0. The predicted octanol–water partition coefficient (Wildman–Crippen LogP) is 1.45. The van der Waals surface area contributed by atoms with Gasteiger partial charge in [0.15, 0.2) is 0 Å². The Kier molecular flexibility index (Phi) is 4.96. The molecule has 4 nitrogen and oxygen atoms in total. The zero-order valence-corrected chi connectivity index (χ0v) is 11.8. The van der Waals surface area contributed by atoms with E-state index in [-0.39, 0.29) is 11.8 Å². The highest BCUT2D eigenvalue weighted by Gasteiger charge is 2.26. The van der Waals surface area contributed by atoms with Crippen molar-refractivity contribution >= 4 is 10.0 Å². The zero-order valence-electron chi connectivity index (χ0n) is 11.0. The molecule has 1 aliphatic rings. The summed E-state index contributed by atoms with van der Waals surface area (Å²) in [5.41, 5.74) is 1.01. The molecule has 0 unspecified atom stereocenters. The number of hydrogen-bond donors (Lipinski definition) is 2. The highest BCUT2D eigenvalue weighted by atomic mass is 32.2. The van der Waals surface area contributed by atoms with Crippen LogP contribution in [0.2, 0.25) is 0 Å². The van der Waals surface area contributed by atoms with Gasteiger partial charge in [0, 0.05) is 6.04 Å². The molecule has 2 atom stereocenters. The fourth-order valence-electron chi connectivity index (χ4n) is 2.44. The van der Waals surface area contributed by atoms with Crippen molar-refractivity contribution in [1.29, 1.82) is 0 Å². The van der Waals surface area contributed by atoms with Crippen LogP contribution in [0, 0.1) is 0 Å². The normalized spacial score (nSPS) is 24.3. The summed E-state index contributed by atoms with van der Waals surface area (Å²) in [6.07, 6.45) is 3.32. The van der Waals surface area contributed by atoms with Gasteiger partial charge in [-0.3, -0.25) is 0 Å². The fraction of sp³-hybridized carbons (Fsp3) is 0.571. The lowest BCUT2D eigenvalue weighted by Crippen LogP contribution is -2.45. The molecule has 1 aromatic carbocycles. The molecule has 0 bridgehead atoms. The van der Waals surface area contributed by atoms with Gasteiger partial charge in [-0.05, 0) is 24.8 Å². The van der Waals surface area contributed by atoms with Crippen LogP contribution in [0.5, 0.6) is 0 Å². The summed E-state index contributed by atoms with van der Waals surface area (Å²) < 4.78 is 26.6. The SMILES string of the molecule is O=S(=O)(CCc1ccccc1)N[C@@H]1CCCC[C@H]1O. The van der Waals surface area contributed by atoms with Crippen LogP contribution in [0.15, 0.2) is 30.3 Å². The summed E-state index contributed by atoms with van der Waals surface area (Å²) in [4.78, 5) is 0. The molecule has 1 aromatic rings. The number of nitrogens with one attached hydrogen (secondary N) is 1. The number of sulfonamides is 1.